The van der Waals surface area contributed by atoms with Gasteiger partial charge >= 0.3 is 0 Å². The Kier molecular flexibility index (Phi) is 2.69. The molecule has 4 saturated carbocycles. The molecule has 1 heterocycles. The topological polar surface area (TPSA) is 67.6 Å². The summed E-state index contributed by atoms with van der Waals surface area (Å²) < 4.78 is 0. The zero-order chi connectivity index (χ0) is 13.0. The van der Waals surface area contributed by atoms with E-state index in [0.29, 0.717) is 12.5 Å². The maximum Gasteiger partial charge on any atom is 0.154 e. The molecule has 4 heteroatoms. The molecule has 4 aliphatic rings. The minimum atomic E-state index is 0.266. The van der Waals surface area contributed by atoms with Crippen molar-refractivity contribution in [3.8, 4) is 0 Å². The van der Waals surface area contributed by atoms with E-state index in [1.807, 2.05) is 0 Å². The van der Waals surface area contributed by atoms with Crippen LogP contribution in [0.5, 0.6) is 0 Å². The second-order valence-electron chi connectivity index (χ2n) is 7.17. The van der Waals surface area contributed by atoms with Gasteiger partial charge in [0.15, 0.2) is 5.82 Å². The second-order valence-corrected chi connectivity index (χ2v) is 7.17. The van der Waals surface area contributed by atoms with Crippen molar-refractivity contribution in [3.63, 3.8) is 0 Å². The Hall–Kier alpha value is -0.900. The fraction of sp³-hybridized carbons (Fsp3) is 0.867. The largest absolute Gasteiger partial charge is 0.330 e. The highest BCUT2D eigenvalue weighted by atomic mass is 15.2. The summed E-state index contributed by atoms with van der Waals surface area (Å²) >= 11 is 0. The summed E-state index contributed by atoms with van der Waals surface area (Å²) in [5.41, 5.74) is 5.71. The fourth-order valence-corrected chi connectivity index (χ4v) is 5.13. The smallest absolute Gasteiger partial charge is 0.154 e. The van der Waals surface area contributed by atoms with Crippen LogP contribution >= 0.6 is 0 Å². The normalized spacial score (nSPS) is 41.7. The van der Waals surface area contributed by atoms with Gasteiger partial charge in [0, 0.05) is 18.4 Å². The predicted octanol–water partition coefficient (Wildman–Crippen LogP) is 2.41. The molecule has 4 bridgehead atoms. The Morgan fingerprint density at radius 1 is 1.16 bits per heavy atom. The van der Waals surface area contributed by atoms with Gasteiger partial charge in [0.05, 0.1) is 0 Å². The van der Waals surface area contributed by atoms with Gasteiger partial charge in [-0.25, -0.2) is 4.98 Å². The molecule has 104 valence electrons. The molecule has 1 aromatic heterocycles. The van der Waals surface area contributed by atoms with Gasteiger partial charge in [0.2, 0.25) is 0 Å². The molecular weight excluding hydrogens is 236 g/mol. The molecule has 0 saturated heterocycles. The minimum absolute atomic E-state index is 0.266. The SMILES string of the molecule is CC(CN)c1n[nH]c(C2C3CC4CC(C3)CC2C4)n1. The van der Waals surface area contributed by atoms with Gasteiger partial charge in [0.1, 0.15) is 5.82 Å². The third-order valence-corrected chi connectivity index (χ3v) is 5.86. The molecule has 0 spiro atoms. The van der Waals surface area contributed by atoms with E-state index in [0.717, 1.165) is 35.3 Å². The molecule has 3 N–H and O–H groups in total. The molecule has 1 aromatic rings. The third-order valence-electron chi connectivity index (χ3n) is 5.86. The third kappa shape index (κ3) is 1.83. The summed E-state index contributed by atoms with van der Waals surface area (Å²) in [7, 11) is 0. The van der Waals surface area contributed by atoms with Gasteiger partial charge in [-0.15, -0.1) is 0 Å². The molecule has 1 unspecified atom stereocenters. The molecule has 0 radical (unpaired) electrons. The Morgan fingerprint density at radius 2 is 1.79 bits per heavy atom. The number of rotatable bonds is 3. The van der Waals surface area contributed by atoms with Crippen molar-refractivity contribution in [2.24, 2.45) is 29.4 Å². The first-order valence-electron chi connectivity index (χ1n) is 7.86. The van der Waals surface area contributed by atoms with E-state index in [9.17, 15) is 0 Å². The number of aromatic amines is 1. The fourth-order valence-electron chi connectivity index (χ4n) is 5.13. The quantitative estimate of drug-likeness (QED) is 0.877. The van der Waals surface area contributed by atoms with E-state index >= 15 is 0 Å². The zero-order valence-corrected chi connectivity index (χ0v) is 11.7. The zero-order valence-electron chi connectivity index (χ0n) is 11.7. The Morgan fingerprint density at radius 3 is 2.37 bits per heavy atom. The van der Waals surface area contributed by atoms with Crippen LogP contribution in [0, 0.1) is 23.7 Å². The molecule has 0 aromatic carbocycles. The summed E-state index contributed by atoms with van der Waals surface area (Å²) in [6.45, 7) is 2.73. The summed E-state index contributed by atoms with van der Waals surface area (Å²) in [4.78, 5) is 4.78. The highest BCUT2D eigenvalue weighted by Crippen LogP contribution is 2.59. The van der Waals surface area contributed by atoms with Crippen LogP contribution in [0.1, 0.15) is 62.5 Å². The first kappa shape index (κ1) is 11.9. The van der Waals surface area contributed by atoms with Gasteiger partial charge in [0.25, 0.3) is 0 Å². The van der Waals surface area contributed by atoms with Gasteiger partial charge in [-0.05, 0) is 55.8 Å². The van der Waals surface area contributed by atoms with E-state index in [2.05, 4.69) is 17.1 Å². The number of nitrogens with two attached hydrogens (primary N) is 1. The van der Waals surface area contributed by atoms with Crippen LogP contribution < -0.4 is 5.73 Å². The highest BCUT2D eigenvalue weighted by Gasteiger charge is 2.49. The average molecular weight is 260 g/mol. The number of hydrogen-bond acceptors (Lipinski definition) is 3. The molecular formula is C15H24N4. The molecule has 0 aliphatic heterocycles. The predicted molar refractivity (Wildman–Crippen MR) is 73.6 cm³/mol. The van der Waals surface area contributed by atoms with Crippen LogP contribution in [0.2, 0.25) is 0 Å². The van der Waals surface area contributed by atoms with Crippen molar-refractivity contribution < 1.29 is 0 Å². The first-order valence-corrected chi connectivity index (χ1v) is 7.86. The van der Waals surface area contributed by atoms with Crippen LogP contribution in [0.3, 0.4) is 0 Å². The second kappa shape index (κ2) is 4.30. The van der Waals surface area contributed by atoms with Crippen molar-refractivity contribution in [2.75, 3.05) is 6.54 Å². The Bertz CT molecular complexity index is 438. The van der Waals surface area contributed by atoms with E-state index in [1.54, 1.807) is 0 Å². The van der Waals surface area contributed by atoms with Crippen molar-refractivity contribution in [3.05, 3.63) is 11.6 Å². The van der Waals surface area contributed by atoms with Crippen molar-refractivity contribution in [1.82, 2.24) is 15.2 Å². The van der Waals surface area contributed by atoms with Gasteiger partial charge < -0.3 is 5.73 Å². The maximum absolute atomic E-state index is 5.71. The van der Waals surface area contributed by atoms with Crippen LogP contribution in [0.4, 0.5) is 0 Å². The summed E-state index contributed by atoms with van der Waals surface area (Å²) in [6.07, 6.45) is 7.23. The average Bonchev–Trinajstić information content (AvgIpc) is 2.86. The van der Waals surface area contributed by atoms with Crippen LogP contribution in [0.15, 0.2) is 0 Å². The van der Waals surface area contributed by atoms with Crippen molar-refractivity contribution >= 4 is 0 Å². The van der Waals surface area contributed by atoms with Crippen LogP contribution in [-0.2, 0) is 0 Å². The van der Waals surface area contributed by atoms with E-state index in [4.69, 9.17) is 10.7 Å². The lowest BCUT2D eigenvalue weighted by Crippen LogP contribution is -2.44. The van der Waals surface area contributed by atoms with E-state index in [1.165, 1.54) is 32.1 Å². The number of hydrogen-bond donors (Lipinski definition) is 2. The molecule has 0 amide bonds. The number of nitrogens with zero attached hydrogens (tertiary/aromatic N) is 2. The molecule has 19 heavy (non-hydrogen) atoms. The maximum atomic E-state index is 5.71. The number of H-pyrrole nitrogens is 1. The molecule has 4 fully saturated rings. The lowest BCUT2D eigenvalue weighted by atomic mass is 9.52. The standard InChI is InChI=1S/C15H24N4/c1-8(7-16)14-17-15(19-18-14)13-11-3-9-2-10(5-11)6-12(13)4-9/h8-13H,2-7,16H2,1H3,(H,17,18,19). The highest BCUT2D eigenvalue weighted by molar-refractivity contribution is 5.11. The lowest BCUT2D eigenvalue weighted by Gasteiger charge is -2.53. The van der Waals surface area contributed by atoms with Gasteiger partial charge in [-0.1, -0.05) is 6.92 Å². The van der Waals surface area contributed by atoms with Gasteiger partial charge in [-0.3, -0.25) is 5.10 Å². The summed E-state index contributed by atoms with van der Waals surface area (Å²) in [5, 5.41) is 7.64. The Labute approximate surface area is 114 Å². The molecule has 4 nitrogen and oxygen atoms in total. The minimum Gasteiger partial charge on any atom is -0.330 e. The molecule has 5 rings (SSSR count). The van der Waals surface area contributed by atoms with Crippen molar-refractivity contribution in [1.29, 1.82) is 0 Å². The molecule has 1 atom stereocenters. The van der Waals surface area contributed by atoms with Crippen LogP contribution in [-0.4, -0.2) is 21.7 Å². The van der Waals surface area contributed by atoms with E-state index < -0.39 is 0 Å². The van der Waals surface area contributed by atoms with Crippen molar-refractivity contribution in [2.45, 2.75) is 50.9 Å². The molecule has 4 aliphatic carbocycles. The lowest BCUT2D eigenvalue weighted by molar-refractivity contribution is -0.00556. The summed E-state index contributed by atoms with van der Waals surface area (Å²) in [5.74, 6) is 6.75. The van der Waals surface area contributed by atoms with E-state index in [-0.39, 0.29) is 5.92 Å². The Balaban J connectivity index is 1.60. The summed E-state index contributed by atoms with van der Waals surface area (Å²) in [6, 6.07) is 0. The van der Waals surface area contributed by atoms with Crippen LogP contribution in [0.25, 0.3) is 0 Å². The number of nitrogens with one attached hydrogen (secondary N) is 1. The first-order chi connectivity index (χ1) is 9.24. The van der Waals surface area contributed by atoms with Gasteiger partial charge in [-0.2, -0.15) is 5.10 Å². The monoisotopic (exact) mass is 260 g/mol. The number of aromatic nitrogens is 3.